The van der Waals surface area contributed by atoms with Crippen molar-refractivity contribution < 1.29 is 17.9 Å². The molecule has 0 radical (unpaired) electrons. The van der Waals surface area contributed by atoms with Crippen LogP contribution < -0.4 is 10.5 Å². The van der Waals surface area contributed by atoms with E-state index in [9.17, 15) is 13.2 Å². The van der Waals surface area contributed by atoms with Crippen LogP contribution in [0, 0.1) is 0 Å². The van der Waals surface area contributed by atoms with Crippen molar-refractivity contribution in [2.24, 2.45) is 5.73 Å². The summed E-state index contributed by atoms with van der Waals surface area (Å²) < 4.78 is 30.1. The van der Waals surface area contributed by atoms with E-state index in [0.717, 1.165) is 0 Å². The van der Waals surface area contributed by atoms with Crippen LogP contribution in [0.5, 0.6) is 0 Å². The third-order valence-corrected chi connectivity index (χ3v) is 4.33. The van der Waals surface area contributed by atoms with E-state index in [0.29, 0.717) is 13.0 Å². The fourth-order valence-corrected chi connectivity index (χ4v) is 2.32. The van der Waals surface area contributed by atoms with Crippen LogP contribution in [-0.4, -0.2) is 37.8 Å². The summed E-state index contributed by atoms with van der Waals surface area (Å²) in [6.07, 6.45) is 0.555. The predicted octanol–water partition coefficient (Wildman–Crippen LogP) is -0.0763. The monoisotopic (exact) mass is 282 g/mol. The van der Waals surface area contributed by atoms with Gasteiger partial charge in [0.2, 0.25) is 10.0 Å². The topological polar surface area (TPSA) is 98.5 Å². The van der Waals surface area contributed by atoms with Crippen LogP contribution in [0.1, 0.15) is 26.7 Å². The molecule has 8 heteroatoms. The van der Waals surface area contributed by atoms with Crippen molar-refractivity contribution in [2.45, 2.75) is 31.9 Å². The van der Waals surface area contributed by atoms with Crippen molar-refractivity contribution >= 4 is 33.2 Å². The minimum atomic E-state index is -3.54. The molecule has 0 bridgehead atoms. The van der Waals surface area contributed by atoms with Gasteiger partial charge in [0.25, 0.3) is 0 Å². The standard InChI is InChI=1S/C9H18N2O4S2/c1-3-15-8(12)5-4-6-11-17(13,14)7(2)9(10)16/h7,11H,3-6H2,1-2H3,(H2,10,16). The molecule has 0 heterocycles. The average Bonchev–Trinajstić information content (AvgIpc) is 2.23. The van der Waals surface area contributed by atoms with Crippen LogP contribution in [0.3, 0.4) is 0 Å². The maximum Gasteiger partial charge on any atom is 0.305 e. The molecule has 1 atom stereocenters. The Morgan fingerprint density at radius 3 is 2.59 bits per heavy atom. The third-order valence-electron chi connectivity index (χ3n) is 2.03. The molecule has 0 aromatic carbocycles. The Morgan fingerprint density at radius 1 is 1.53 bits per heavy atom. The fraction of sp³-hybridized carbons (Fsp3) is 0.778. The first-order valence-electron chi connectivity index (χ1n) is 5.24. The van der Waals surface area contributed by atoms with E-state index in [-0.39, 0.29) is 23.9 Å². The number of thiocarbonyl (C=S) groups is 1. The van der Waals surface area contributed by atoms with Gasteiger partial charge in [-0.2, -0.15) is 0 Å². The zero-order valence-electron chi connectivity index (χ0n) is 9.93. The van der Waals surface area contributed by atoms with Crippen molar-refractivity contribution in [1.29, 1.82) is 0 Å². The Labute approximate surface area is 107 Å². The minimum absolute atomic E-state index is 0.0807. The Balaban J connectivity index is 3.97. The van der Waals surface area contributed by atoms with Crippen LogP contribution in [0.2, 0.25) is 0 Å². The van der Waals surface area contributed by atoms with Gasteiger partial charge in [0.1, 0.15) is 5.25 Å². The van der Waals surface area contributed by atoms with Crippen LogP contribution in [0.15, 0.2) is 0 Å². The van der Waals surface area contributed by atoms with Gasteiger partial charge in [-0.1, -0.05) is 12.2 Å². The first kappa shape index (κ1) is 16.3. The Hall–Kier alpha value is -0.730. The Bertz CT molecular complexity index is 367. The number of rotatable bonds is 8. The number of ether oxygens (including phenoxy) is 1. The molecule has 0 aromatic rings. The highest BCUT2D eigenvalue weighted by Crippen LogP contribution is 1.99. The summed E-state index contributed by atoms with van der Waals surface area (Å²) in [5, 5.41) is -0.917. The van der Waals surface area contributed by atoms with E-state index in [4.69, 9.17) is 10.5 Å². The molecular weight excluding hydrogens is 264 g/mol. The number of nitrogens with one attached hydrogen (secondary N) is 1. The quantitative estimate of drug-likeness (QED) is 0.367. The highest BCUT2D eigenvalue weighted by atomic mass is 32.2. The summed E-state index contributed by atoms with van der Waals surface area (Å²) >= 11 is 4.61. The van der Waals surface area contributed by atoms with Gasteiger partial charge in [0.05, 0.1) is 11.6 Å². The average molecular weight is 282 g/mol. The molecule has 0 saturated carbocycles. The predicted molar refractivity (Wildman–Crippen MR) is 69.0 cm³/mol. The largest absolute Gasteiger partial charge is 0.466 e. The summed E-state index contributed by atoms with van der Waals surface area (Å²) in [6, 6.07) is 0. The molecule has 0 aliphatic rings. The lowest BCUT2D eigenvalue weighted by Crippen LogP contribution is -2.40. The van der Waals surface area contributed by atoms with Crippen molar-refractivity contribution in [3.8, 4) is 0 Å². The lowest BCUT2D eigenvalue weighted by Gasteiger charge is -2.12. The molecule has 100 valence electrons. The summed E-state index contributed by atoms with van der Waals surface area (Å²) in [6.45, 7) is 3.61. The lowest BCUT2D eigenvalue weighted by molar-refractivity contribution is -0.143. The first-order valence-corrected chi connectivity index (χ1v) is 7.20. The number of hydrogen-bond acceptors (Lipinski definition) is 5. The highest BCUT2D eigenvalue weighted by molar-refractivity contribution is 7.93. The summed E-state index contributed by atoms with van der Waals surface area (Å²) in [5.41, 5.74) is 5.25. The summed E-state index contributed by atoms with van der Waals surface area (Å²) in [7, 11) is -3.54. The maximum atomic E-state index is 11.5. The molecule has 0 aliphatic heterocycles. The van der Waals surface area contributed by atoms with Gasteiger partial charge in [-0.25, -0.2) is 13.1 Å². The van der Waals surface area contributed by atoms with Gasteiger partial charge in [-0.15, -0.1) is 0 Å². The molecule has 17 heavy (non-hydrogen) atoms. The number of sulfonamides is 1. The molecule has 0 aliphatic carbocycles. The second-order valence-corrected chi connectivity index (χ2v) is 5.95. The van der Waals surface area contributed by atoms with Gasteiger partial charge in [-0.3, -0.25) is 4.79 Å². The van der Waals surface area contributed by atoms with Gasteiger partial charge in [0, 0.05) is 13.0 Å². The molecule has 6 nitrogen and oxygen atoms in total. The van der Waals surface area contributed by atoms with Crippen LogP contribution in [-0.2, 0) is 19.6 Å². The molecule has 0 amide bonds. The van der Waals surface area contributed by atoms with Crippen LogP contribution in [0.25, 0.3) is 0 Å². The number of nitrogens with two attached hydrogens (primary N) is 1. The molecule has 0 rings (SSSR count). The van der Waals surface area contributed by atoms with E-state index >= 15 is 0 Å². The van der Waals surface area contributed by atoms with Crippen LogP contribution in [0.4, 0.5) is 0 Å². The highest BCUT2D eigenvalue weighted by Gasteiger charge is 2.22. The Morgan fingerprint density at radius 2 is 2.12 bits per heavy atom. The van der Waals surface area contributed by atoms with E-state index in [2.05, 4.69) is 16.9 Å². The molecule has 0 fully saturated rings. The van der Waals surface area contributed by atoms with E-state index in [1.165, 1.54) is 6.92 Å². The second kappa shape index (κ2) is 7.57. The van der Waals surface area contributed by atoms with Crippen molar-refractivity contribution in [1.82, 2.24) is 4.72 Å². The molecule has 3 N–H and O–H groups in total. The number of carbonyl (C=O) groups excluding carboxylic acids is 1. The van der Waals surface area contributed by atoms with E-state index in [1.54, 1.807) is 6.92 Å². The van der Waals surface area contributed by atoms with Gasteiger partial charge < -0.3 is 10.5 Å². The normalized spacial score (nSPS) is 13.1. The summed E-state index contributed by atoms with van der Waals surface area (Å²) in [5.74, 6) is -0.339. The molecule has 0 aromatic heterocycles. The second-order valence-electron chi connectivity index (χ2n) is 3.39. The van der Waals surface area contributed by atoms with Gasteiger partial charge >= 0.3 is 5.97 Å². The van der Waals surface area contributed by atoms with Crippen molar-refractivity contribution in [3.63, 3.8) is 0 Å². The van der Waals surface area contributed by atoms with Gasteiger partial charge in [-0.05, 0) is 20.3 Å². The SMILES string of the molecule is CCOC(=O)CCCNS(=O)(=O)C(C)C(N)=S. The molecule has 1 unspecified atom stereocenters. The number of esters is 1. The lowest BCUT2D eigenvalue weighted by atomic mass is 10.3. The maximum absolute atomic E-state index is 11.5. The van der Waals surface area contributed by atoms with Crippen molar-refractivity contribution in [3.05, 3.63) is 0 Å². The molecular formula is C9H18N2O4S2. The third kappa shape index (κ3) is 6.54. The smallest absolute Gasteiger partial charge is 0.305 e. The fourth-order valence-electron chi connectivity index (χ4n) is 0.958. The first-order chi connectivity index (χ1) is 7.81. The summed E-state index contributed by atoms with van der Waals surface area (Å²) in [4.78, 5) is 10.9. The van der Waals surface area contributed by atoms with Crippen LogP contribution >= 0.6 is 12.2 Å². The van der Waals surface area contributed by atoms with Crippen molar-refractivity contribution in [2.75, 3.05) is 13.2 Å². The molecule has 0 spiro atoms. The minimum Gasteiger partial charge on any atom is -0.466 e. The van der Waals surface area contributed by atoms with E-state index < -0.39 is 15.3 Å². The zero-order chi connectivity index (χ0) is 13.5. The van der Waals surface area contributed by atoms with E-state index in [1.807, 2.05) is 0 Å². The number of hydrogen-bond donors (Lipinski definition) is 2. The number of carbonyl (C=O) groups is 1. The molecule has 0 saturated heterocycles. The zero-order valence-corrected chi connectivity index (χ0v) is 11.6. The van der Waals surface area contributed by atoms with Gasteiger partial charge in [0.15, 0.2) is 0 Å². The Kier molecular flexibility index (Phi) is 7.24.